The molecule has 7 heteroatoms. The molecule has 0 unspecified atom stereocenters. The second-order valence-corrected chi connectivity index (χ2v) is 6.57. The fourth-order valence-corrected chi connectivity index (χ4v) is 2.44. The highest BCUT2D eigenvalue weighted by atomic mass is 19.1. The molecule has 0 aromatic heterocycles. The monoisotopic (exact) mass is 366 g/mol. The van der Waals surface area contributed by atoms with Crippen molar-refractivity contribution < 1.29 is 23.5 Å². The van der Waals surface area contributed by atoms with Gasteiger partial charge < -0.3 is 15.4 Å². The van der Waals surface area contributed by atoms with E-state index < -0.39 is 35.7 Å². The maximum Gasteiger partial charge on any atom is 0.328 e. The quantitative estimate of drug-likeness (QED) is 0.692. The van der Waals surface area contributed by atoms with Crippen LogP contribution in [0.25, 0.3) is 0 Å². The Morgan fingerprint density at radius 3 is 2.19 bits per heavy atom. The van der Waals surface area contributed by atoms with Gasteiger partial charge in [-0.2, -0.15) is 0 Å². The van der Waals surface area contributed by atoms with Crippen molar-refractivity contribution in [1.82, 2.24) is 10.6 Å². The largest absolute Gasteiger partial charge is 0.467 e. The molecule has 0 aliphatic carbocycles. The molecule has 26 heavy (non-hydrogen) atoms. The number of amides is 2. The van der Waals surface area contributed by atoms with E-state index in [0.29, 0.717) is 6.42 Å². The van der Waals surface area contributed by atoms with Crippen molar-refractivity contribution in [3.8, 4) is 0 Å². The SMILES string of the molecule is CC[C@@H](C)[C@H](NC(=O)[C@@H](NC(=O)c1ccccc1F)C(C)C)C(=O)OC. The van der Waals surface area contributed by atoms with Crippen LogP contribution in [0.1, 0.15) is 44.5 Å². The zero-order valence-corrected chi connectivity index (χ0v) is 15.8. The normalized spacial score (nSPS) is 14.3. The van der Waals surface area contributed by atoms with E-state index in [-0.39, 0.29) is 17.4 Å². The lowest BCUT2D eigenvalue weighted by Gasteiger charge is -2.27. The van der Waals surface area contributed by atoms with Crippen molar-refractivity contribution in [3.63, 3.8) is 0 Å². The van der Waals surface area contributed by atoms with Crippen molar-refractivity contribution >= 4 is 17.8 Å². The highest BCUT2D eigenvalue weighted by molar-refractivity contribution is 5.98. The number of hydrogen-bond donors (Lipinski definition) is 2. The Bertz CT molecular complexity index is 648. The van der Waals surface area contributed by atoms with Crippen LogP contribution in [-0.4, -0.2) is 37.0 Å². The lowest BCUT2D eigenvalue weighted by atomic mass is 9.97. The number of hydrogen-bond acceptors (Lipinski definition) is 4. The summed E-state index contributed by atoms with van der Waals surface area (Å²) in [6, 6.07) is 3.80. The Labute approximate surface area is 153 Å². The fourth-order valence-electron chi connectivity index (χ4n) is 2.44. The van der Waals surface area contributed by atoms with E-state index in [0.717, 1.165) is 0 Å². The van der Waals surface area contributed by atoms with Gasteiger partial charge in [0.1, 0.15) is 17.9 Å². The first-order valence-electron chi connectivity index (χ1n) is 8.66. The van der Waals surface area contributed by atoms with Gasteiger partial charge in [-0.3, -0.25) is 9.59 Å². The lowest BCUT2D eigenvalue weighted by molar-refractivity contribution is -0.147. The molecule has 0 radical (unpaired) electrons. The maximum atomic E-state index is 13.8. The molecule has 0 saturated heterocycles. The average molecular weight is 366 g/mol. The number of carbonyl (C=O) groups is 3. The number of benzene rings is 1. The zero-order valence-electron chi connectivity index (χ0n) is 15.8. The zero-order chi connectivity index (χ0) is 19.9. The number of esters is 1. The van der Waals surface area contributed by atoms with Gasteiger partial charge in [0, 0.05) is 0 Å². The van der Waals surface area contributed by atoms with E-state index in [1.165, 1.54) is 25.3 Å². The Kier molecular flexibility index (Phi) is 8.22. The van der Waals surface area contributed by atoms with Crippen LogP contribution < -0.4 is 10.6 Å². The summed E-state index contributed by atoms with van der Waals surface area (Å²) < 4.78 is 18.5. The molecule has 0 spiro atoms. The van der Waals surface area contributed by atoms with Crippen molar-refractivity contribution in [2.45, 2.75) is 46.2 Å². The number of methoxy groups -OCH3 is 1. The summed E-state index contributed by atoms with van der Waals surface area (Å²) in [5, 5.41) is 5.20. The second kappa shape index (κ2) is 9.89. The van der Waals surface area contributed by atoms with Crippen LogP contribution in [0.15, 0.2) is 24.3 Å². The number of nitrogens with one attached hydrogen (secondary N) is 2. The van der Waals surface area contributed by atoms with Crippen LogP contribution >= 0.6 is 0 Å². The van der Waals surface area contributed by atoms with E-state index in [2.05, 4.69) is 10.6 Å². The predicted molar refractivity (Wildman–Crippen MR) is 95.9 cm³/mol. The van der Waals surface area contributed by atoms with E-state index in [9.17, 15) is 18.8 Å². The van der Waals surface area contributed by atoms with Crippen molar-refractivity contribution in [2.75, 3.05) is 7.11 Å². The summed E-state index contributed by atoms with van der Waals surface area (Å²) in [5.41, 5.74) is -0.141. The molecule has 144 valence electrons. The first-order chi connectivity index (χ1) is 12.2. The second-order valence-electron chi connectivity index (χ2n) is 6.57. The van der Waals surface area contributed by atoms with E-state index in [1.807, 2.05) is 13.8 Å². The molecule has 2 amide bonds. The highest BCUT2D eigenvalue weighted by Crippen LogP contribution is 2.12. The van der Waals surface area contributed by atoms with E-state index in [1.54, 1.807) is 19.9 Å². The molecule has 0 bridgehead atoms. The molecular formula is C19H27FN2O4. The third-order valence-corrected chi connectivity index (χ3v) is 4.32. The third-order valence-electron chi connectivity index (χ3n) is 4.32. The van der Waals surface area contributed by atoms with Gasteiger partial charge in [-0.15, -0.1) is 0 Å². The van der Waals surface area contributed by atoms with Crippen LogP contribution in [0.5, 0.6) is 0 Å². The molecule has 0 aliphatic rings. The van der Waals surface area contributed by atoms with Gasteiger partial charge in [0.2, 0.25) is 5.91 Å². The van der Waals surface area contributed by atoms with Gasteiger partial charge in [0.05, 0.1) is 12.7 Å². The molecule has 0 aliphatic heterocycles. The molecule has 0 heterocycles. The van der Waals surface area contributed by atoms with Gasteiger partial charge in [0.15, 0.2) is 0 Å². The molecular weight excluding hydrogens is 339 g/mol. The fraction of sp³-hybridized carbons (Fsp3) is 0.526. The van der Waals surface area contributed by atoms with Gasteiger partial charge in [-0.1, -0.05) is 46.2 Å². The Morgan fingerprint density at radius 1 is 1.08 bits per heavy atom. The summed E-state index contributed by atoms with van der Waals surface area (Å²) in [5.74, 6) is -2.81. The third kappa shape index (κ3) is 5.54. The van der Waals surface area contributed by atoms with Crippen molar-refractivity contribution in [1.29, 1.82) is 0 Å². The highest BCUT2D eigenvalue weighted by Gasteiger charge is 2.32. The van der Waals surface area contributed by atoms with Crippen LogP contribution in [0.2, 0.25) is 0 Å². The van der Waals surface area contributed by atoms with Crippen molar-refractivity contribution in [2.24, 2.45) is 11.8 Å². The number of halogens is 1. The van der Waals surface area contributed by atoms with Crippen molar-refractivity contribution in [3.05, 3.63) is 35.6 Å². The molecule has 6 nitrogen and oxygen atoms in total. The van der Waals surface area contributed by atoms with Gasteiger partial charge in [0.25, 0.3) is 5.91 Å². The smallest absolute Gasteiger partial charge is 0.328 e. The molecule has 0 fully saturated rings. The minimum absolute atomic E-state index is 0.138. The predicted octanol–water partition coefficient (Wildman–Crippen LogP) is 2.28. The van der Waals surface area contributed by atoms with Crippen LogP contribution in [0.4, 0.5) is 4.39 Å². The number of ether oxygens (including phenoxy) is 1. The summed E-state index contributed by atoms with van der Waals surface area (Å²) in [4.78, 5) is 36.9. The molecule has 1 aromatic rings. The van der Waals surface area contributed by atoms with Crippen LogP contribution in [0, 0.1) is 17.7 Å². The summed E-state index contributed by atoms with van der Waals surface area (Å²) in [6.07, 6.45) is 0.661. The first-order valence-corrected chi connectivity index (χ1v) is 8.66. The maximum absolute atomic E-state index is 13.8. The molecule has 0 saturated carbocycles. The molecule has 2 N–H and O–H groups in total. The van der Waals surface area contributed by atoms with E-state index >= 15 is 0 Å². The topological polar surface area (TPSA) is 84.5 Å². The van der Waals surface area contributed by atoms with Gasteiger partial charge >= 0.3 is 5.97 Å². The van der Waals surface area contributed by atoms with Crippen LogP contribution in [0.3, 0.4) is 0 Å². The summed E-state index contributed by atoms with van der Waals surface area (Å²) in [7, 11) is 1.25. The van der Waals surface area contributed by atoms with Crippen LogP contribution in [-0.2, 0) is 14.3 Å². The molecule has 1 aromatic carbocycles. The first kappa shape index (κ1) is 21.6. The van der Waals surface area contributed by atoms with Gasteiger partial charge in [-0.25, -0.2) is 9.18 Å². The summed E-state index contributed by atoms with van der Waals surface area (Å²) >= 11 is 0. The lowest BCUT2D eigenvalue weighted by Crippen LogP contribution is -2.55. The summed E-state index contributed by atoms with van der Waals surface area (Å²) in [6.45, 7) is 7.22. The molecule has 1 rings (SSSR count). The Morgan fingerprint density at radius 2 is 1.69 bits per heavy atom. The number of carbonyl (C=O) groups excluding carboxylic acids is 3. The van der Waals surface area contributed by atoms with Gasteiger partial charge in [-0.05, 0) is 24.0 Å². The molecule has 3 atom stereocenters. The minimum atomic E-state index is -0.918. The minimum Gasteiger partial charge on any atom is -0.467 e. The standard InChI is InChI=1S/C19H27FN2O4/c1-6-12(4)16(19(25)26-5)22-18(24)15(11(2)3)21-17(23)13-9-7-8-10-14(13)20/h7-12,15-16H,6H2,1-5H3,(H,21,23)(H,22,24)/t12-,15+,16+/m1/s1. The Balaban J connectivity index is 2.94. The van der Waals surface area contributed by atoms with E-state index in [4.69, 9.17) is 4.74 Å². The Hall–Kier alpha value is -2.44. The number of rotatable bonds is 8. The average Bonchev–Trinajstić information content (AvgIpc) is 2.62.